The molecule has 1 N–H and O–H groups in total. The molecule has 0 radical (unpaired) electrons. The van der Waals surface area contributed by atoms with E-state index in [1.54, 1.807) is 12.1 Å². The number of benzene rings is 1. The van der Waals surface area contributed by atoms with Crippen LogP contribution in [0.1, 0.15) is 35.1 Å². The summed E-state index contributed by atoms with van der Waals surface area (Å²) in [4.78, 5) is 20.4. The molecule has 112 valence electrons. The fourth-order valence-corrected chi connectivity index (χ4v) is 3.04. The second-order valence-electron chi connectivity index (χ2n) is 5.24. The van der Waals surface area contributed by atoms with Gasteiger partial charge in [-0.25, -0.2) is 19.2 Å². The van der Waals surface area contributed by atoms with E-state index in [4.69, 9.17) is 5.11 Å². The van der Waals surface area contributed by atoms with E-state index >= 15 is 0 Å². The van der Waals surface area contributed by atoms with Crippen LogP contribution in [0.25, 0.3) is 21.6 Å². The van der Waals surface area contributed by atoms with Gasteiger partial charge in [-0.1, -0.05) is 25.2 Å². The van der Waals surface area contributed by atoms with Crippen molar-refractivity contribution in [1.82, 2.24) is 9.97 Å². The first-order valence-corrected chi connectivity index (χ1v) is 7.58. The van der Waals surface area contributed by atoms with Crippen LogP contribution >= 0.6 is 11.3 Å². The summed E-state index contributed by atoms with van der Waals surface area (Å²) in [5, 5.41) is 9.14. The quantitative estimate of drug-likeness (QED) is 0.781. The molecule has 3 rings (SSSR count). The highest BCUT2D eigenvalue weighted by Gasteiger charge is 2.17. The maximum Gasteiger partial charge on any atom is 0.365 e. The molecule has 0 unspecified atom stereocenters. The monoisotopic (exact) mass is 316 g/mol. The minimum absolute atomic E-state index is 0.0284. The van der Waals surface area contributed by atoms with Crippen molar-refractivity contribution in [2.75, 3.05) is 0 Å². The lowest BCUT2D eigenvalue weighted by Crippen LogP contribution is -1.96. The molecule has 0 saturated carbocycles. The Morgan fingerprint density at radius 2 is 1.91 bits per heavy atom. The van der Waals surface area contributed by atoms with Crippen molar-refractivity contribution in [3.8, 4) is 11.3 Å². The number of carbonyl (C=O) groups is 1. The number of halogens is 1. The third-order valence-corrected chi connectivity index (χ3v) is 4.28. The molecule has 0 aliphatic rings. The van der Waals surface area contributed by atoms with Crippen molar-refractivity contribution < 1.29 is 14.3 Å². The number of carboxylic acids is 1. The van der Waals surface area contributed by atoms with Crippen LogP contribution in [-0.4, -0.2) is 21.0 Å². The van der Waals surface area contributed by atoms with Gasteiger partial charge < -0.3 is 5.11 Å². The Morgan fingerprint density at radius 3 is 2.50 bits per heavy atom. The van der Waals surface area contributed by atoms with Crippen molar-refractivity contribution in [3.63, 3.8) is 0 Å². The molecule has 3 aromatic rings. The standard InChI is InChI=1S/C16H13FN2O2S/c1-8(2)11-7-12(9-3-5-10(17)6-4-9)18-14-13(11)19-15(22-14)16(20)21/h3-8H,1-2H3,(H,20,21). The number of hydrogen-bond acceptors (Lipinski definition) is 4. The second kappa shape index (κ2) is 5.46. The van der Waals surface area contributed by atoms with Gasteiger partial charge in [0.1, 0.15) is 16.2 Å². The lowest BCUT2D eigenvalue weighted by atomic mass is 10.0. The molecule has 0 atom stereocenters. The molecule has 0 bridgehead atoms. The summed E-state index contributed by atoms with van der Waals surface area (Å²) in [5.74, 6) is -1.19. The van der Waals surface area contributed by atoms with E-state index in [-0.39, 0.29) is 16.7 Å². The van der Waals surface area contributed by atoms with Gasteiger partial charge in [-0.15, -0.1) is 0 Å². The largest absolute Gasteiger partial charge is 0.476 e. The molecule has 2 aromatic heterocycles. The normalized spacial score (nSPS) is 11.3. The predicted molar refractivity (Wildman–Crippen MR) is 83.9 cm³/mol. The molecule has 2 heterocycles. The third kappa shape index (κ3) is 2.57. The Balaban J connectivity index is 2.24. The Hall–Kier alpha value is -2.34. The molecule has 0 aliphatic carbocycles. The number of nitrogens with zero attached hydrogens (tertiary/aromatic N) is 2. The number of hydrogen-bond donors (Lipinski definition) is 1. The highest BCUT2D eigenvalue weighted by molar-refractivity contribution is 7.19. The molecule has 22 heavy (non-hydrogen) atoms. The first kappa shape index (κ1) is 14.6. The molecule has 0 aliphatic heterocycles. The maximum absolute atomic E-state index is 13.1. The van der Waals surface area contributed by atoms with E-state index < -0.39 is 5.97 Å². The Labute approximate surface area is 130 Å². The summed E-state index contributed by atoms with van der Waals surface area (Å²) in [6, 6.07) is 7.97. The summed E-state index contributed by atoms with van der Waals surface area (Å²) >= 11 is 1.05. The Bertz CT molecular complexity index is 856. The van der Waals surface area contributed by atoms with Gasteiger partial charge in [0, 0.05) is 5.56 Å². The molecule has 0 amide bonds. The SMILES string of the molecule is CC(C)c1cc(-c2ccc(F)cc2)nc2sc(C(=O)O)nc12. The van der Waals surface area contributed by atoms with Crippen molar-refractivity contribution in [2.45, 2.75) is 19.8 Å². The molecule has 6 heteroatoms. The Kier molecular flexibility index (Phi) is 3.62. The van der Waals surface area contributed by atoms with Crippen LogP contribution in [0.2, 0.25) is 0 Å². The van der Waals surface area contributed by atoms with Gasteiger partial charge in [-0.05, 0) is 41.8 Å². The highest BCUT2D eigenvalue weighted by Crippen LogP contribution is 2.32. The molecule has 0 spiro atoms. The molecular formula is C16H13FN2O2S. The Morgan fingerprint density at radius 1 is 1.23 bits per heavy atom. The minimum atomic E-state index is -1.05. The van der Waals surface area contributed by atoms with Gasteiger partial charge in [-0.2, -0.15) is 0 Å². The van der Waals surface area contributed by atoms with Gasteiger partial charge in [0.15, 0.2) is 0 Å². The van der Waals surface area contributed by atoms with Crippen molar-refractivity contribution in [3.05, 3.63) is 46.7 Å². The average Bonchev–Trinajstić information content (AvgIpc) is 2.91. The third-order valence-electron chi connectivity index (χ3n) is 3.34. The van der Waals surface area contributed by atoms with Crippen LogP contribution < -0.4 is 0 Å². The first-order chi connectivity index (χ1) is 10.5. The zero-order chi connectivity index (χ0) is 15.9. The number of carboxylic acid groups (broad SMARTS) is 1. The van der Waals surface area contributed by atoms with E-state index in [9.17, 15) is 9.18 Å². The molecule has 0 fully saturated rings. The number of fused-ring (bicyclic) bond motifs is 1. The van der Waals surface area contributed by atoms with E-state index in [1.807, 2.05) is 19.9 Å². The maximum atomic E-state index is 13.1. The van der Waals surface area contributed by atoms with E-state index in [0.29, 0.717) is 16.0 Å². The topological polar surface area (TPSA) is 63.1 Å². The van der Waals surface area contributed by atoms with E-state index in [1.165, 1.54) is 12.1 Å². The van der Waals surface area contributed by atoms with Gasteiger partial charge in [-0.3, -0.25) is 0 Å². The summed E-state index contributed by atoms with van der Waals surface area (Å²) in [6.45, 7) is 4.03. The fraction of sp³-hybridized carbons (Fsp3) is 0.188. The summed E-state index contributed by atoms with van der Waals surface area (Å²) in [6.07, 6.45) is 0. The van der Waals surface area contributed by atoms with Crippen molar-refractivity contribution in [1.29, 1.82) is 0 Å². The van der Waals surface area contributed by atoms with Gasteiger partial charge in [0.05, 0.1) is 5.69 Å². The molecule has 1 aromatic carbocycles. The predicted octanol–water partition coefficient (Wildman–Crippen LogP) is 4.32. The number of rotatable bonds is 3. The summed E-state index contributed by atoms with van der Waals surface area (Å²) in [5.41, 5.74) is 3.05. The average molecular weight is 316 g/mol. The van der Waals surface area contributed by atoms with Gasteiger partial charge in [0.2, 0.25) is 5.01 Å². The van der Waals surface area contributed by atoms with Crippen LogP contribution in [0.3, 0.4) is 0 Å². The number of aromatic carboxylic acids is 1. The lowest BCUT2D eigenvalue weighted by Gasteiger charge is -2.09. The fourth-order valence-electron chi connectivity index (χ4n) is 2.23. The molecular weight excluding hydrogens is 303 g/mol. The van der Waals surface area contributed by atoms with Gasteiger partial charge >= 0.3 is 5.97 Å². The summed E-state index contributed by atoms with van der Waals surface area (Å²) in [7, 11) is 0. The van der Waals surface area contributed by atoms with Crippen LogP contribution in [0, 0.1) is 5.82 Å². The van der Waals surface area contributed by atoms with Gasteiger partial charge in [0.25, 0.3) is 0 Å². The smallest absolute Gasteiger partial charge is 0.365 e. The molecule has 0 saturated heterocycles. The van der Waals surface area contributed by atoms with Crippen LogP contribution in [-0.2, 0) is 0 Å². The number of aromatic nitrogens is 2. The van der Waals surface area contributed by atoms with Crippen molar-refractivity contribution >= 4 is 27.7 Å². The van der Waals surface area contributed by atoms with Crippen LogP contribution in [0.15, 0.2) is 30.3 Å². The van der Waals surface area contributed by atoms with Crippen LogP contribution in [0.5, 0.6) is 0 Å². The highest BCUT2D eigenvalue weighted by atomic mass is 32.1. The second-order valence-corrected chi connectivity index (χ2v) is 6.21. The number of pyridine rings is 1. The molecule has 4 nitrogen and oxygen atoms in total. The first-order valence-electron chi connectivity index (χ1n) is 6.76. The lowest BCUT2D eigenvalue weighted by molar-refractivity contribution is 0.0696. The van der Waals surface area contributed by atoms with E-state index in [0.717, 1.165) is 22.5 Å². The summed E-state index contributed by atoms with van der Waals surface area (Å²) < 4.78 is 13.1. The minimum Gasteiger partial charge on any atom is -0.476 e. The van der Waals surface area contributed by atoms with Crippen LogP contribution in [0.4, 0.5) is 4.39 Å². The van der Waals surface area contributed by atoms with Crippen molar-refractivity contribution in [2.24, 2.45) is 0 Å². The number of thiazole rings is 1. The zero-order valence-electron chi connectivity index (χ0n) is 12.0. The van der Waals surface area contributed by atoms with E-state index in [2.05, 4.69) is 9.97 Å². The zero-order valence-corrected chi connectivity index (χ0v) is 12.8.